The van der Waals surface area contributed by atoms with Gasteiger partial charge in [-0.15, -0.1) is 0 Å². The SMILES string of the molecule is CCC(C)C(=O)CN1CCOCC1. The number of carbonyl (C=O) groups is 1. The van der Waals surface area contributed by atoms with Gasteiger partial charge in [0.15, 0.2) is 0 Å². The molecule has 1 fully saturated rings. The van der Waals surface area contributed by atoms with Crippen LogP contribution in [-0.2, 0) is 9.53 Å². The number of Topliss-reactive ketones (excluding diaryl/α,β-unsaturated/α-hetero) is 1. The predicted octanol–water partition coefficient (Wildman–Crippen LogP) is 0.934. The third-order valence-corrected chi connectivity index (χ3v) is 2.65. The summed E-state index contributed by atoms with van der Waals surface area (Å²) in [7, 11) is 0. The molecule has 0 bridgehead atoms. The molecule has 0 N–H and O–H groups in total. The predicted molar refractivity (Wildman–Crippen MR) is 51.7 cm³/mol. The minimum absolute atomic E-state index is 0.211. The van der Waals surface area contributed by atoms with Crippen LogP contribution < -0.4 is 0 Å². The molecule has 0 aromatic rings. The van der Waals surface area contributed by atoms with Crippen LogP contribution in [0.3, 0.4) is 0 Å². The number of nitrogens with zero attached hydrogens (tertiary/aromatic N) is 1. The van der Waals surface area contributed by atoms with Gasteiger partial charge in [-0.05, 0) is 6.42 Å². The van der Waals surface area contributed by atoms with E-state index in [1.54, 1.807) is 0 Å². The van der Waals surface area contributed by atoms with Crippen LogP contribution in [0, 0.1) is 5.92 Å². The fourth-order valence-electron chi connectivity index (χ4n) is 1.36. The van der Waals surface area contributed by atoms with Crippen LogP contribution in [0.25, 0.3) is 0 Å². The number of morpholine rings is 1. The molecule has 1 rings (SSSR count). The first-order valence-electron chi connectivity index (χ1n) is 5.07. The third-order valence-electron chi connectivity index (χ3n) is 2.65. The molecule has 3 heteroatoms. The molecule has 1 saturated heterocycles. The molecule has 0 spiro atoms. The van der Waals surface area contributed by atoms with Gasteiger partial charge in [0.2, 0.25) is 0 Å². The van der Waals surface area contributed by atoms with E-state index in [2.05, 4.69) is 11.8 Å². The van der Waals surface area contributed by atoms with Crippen LogP contribution in [0.4, 0.5) is 0 Å². The van der Waals surface area contributed by atoms with E-state index in [0.29, 0.717) is 12.3 Å². The molecule has 0 aromatic carbocycles. The smallest absolute Gasteiger partial charge is 0.149 e. The van der Waals surface area contributed by atoms with Crippen molar-refractivity contribution in [3.05, 3.63) is 0 Å². The van der Waals surface area contributed by atoms with Crippen LogP contribution in [0.15, 0.2) is 0 Å². The van der Waals surface area contributed by atoms with Crippen molar-refractivity contribution in [1.82, 2.24) is 4.90 Å². The van der Waals surface area contributed by atoms with Gasteiger partial charge in [-0.25, -0.2) is 0 Å². The van der Waals surface area contributed by atoms with Gasteiger partial charge in [0.1, 0.15) is 5.78 Å². The first-order chi connectivity index (χ1) is 6.24. The quantitative estimate of drug-likeness (QED) is 0.652. The normalized spacial score (nSPS) is 21.4. The van der Waals surface area contributed by atoms with Crippen molar-refractivity contribution in [3.8, 4) is 0 Å². The van der Waals surface area contributed by atoms with Crippen molar-refractivity contribution in [2.75, 3.05) is 32.8 Å². The van der Waals surface area contributed by atoms with Gasteiger partial charge in [-0.3, -0.25) is 9.69 Å². The van der Waals surface area contributed by atoms with E-state index in [0.717, 1.165) is 32.7 Å². The van der Waals surface area contributed by atoms with Gasteiger partial charge in [-0.2, -0.15) is 0 Å². The molecule has 1 aliphatic rings. The van der Waals surface area contributed by atoms with Gasteiger partial charge in [0.05, 0.1) is 19.8 Å². The summed E-state index contributed by atoms with van der Waals surface area (Å²) in [6, 6.07) is 0. The number of rotatable bonds is 4. The van der Waals surface area contributed by atoms with Gasteiger partial charge < -0.3 is 4.74 Å². The van der Waals surface area contributed by atoms with Gasteiger partial charge in [0.25, 0.3) is 0 Å². The second-order valence-corrected chi connectivity index (χ2v) is 3.66. The third kappa shape index (κ3) is 3.44. The molecule has 0 aliphatic carbocycles. The molecular weight excluding hydrogens is 166 g/mol. The Kier molecular flexibility index (Phi) is 4.39. The molecule has 0 saturated carbocycles. The Labute approximate surface area is 80.1 Å². The lowest BCUT2D eigenvalue weighted by atomic mass is 10.0. The van der Waals surface area contributed by atoms with E-state index >= 15 is 0 Å². The lowest BCUT2D eigenvalue weighted by molar-refractivity contribution is -0.124. The zero-order valence-corrected chi connectivity index (χ0v) is 8.58. The molecule has 76 valence electrons. The Hall–Kier alpha value is -0.410. The molecule has 0 aromatic heterocycles. The molecule has 0 amide bonds. The van der Waals surface area contributed by atoms with Crippen molar-refractivity contribution >= 4 is 5.78 Å². The minimum Gasteiger partial charge on any atom is -0.379 e. The van der Waals surface area contributed by atoms with E-state index in [1.165, 1.54) is 0 Å². The highest BCUT2D eigenvalue weighted by atomic mass is 16.5. The highest BCUT2D eigenvalue weighted by Gasteiger charge is 2.17. The second-order valence-electron chi connectivity index (χ2n) is 3.66. The maximum absolute atomic E-state index is 11.6. The number of ketones is 1. The molecule has 13 heavy (non-hydrogen) atoms. The highest BCUT2D eigenvalue weighted by molar-refractivity contribution is 5.82. The Balaban J connectivity index is 2.26. The fourth-order valence-corrected chi connectivity index (χ4v) is 1.36. The van der Waals surface area contributed by atoms with Crippen molar-refractivity contribution < 1.29 is 9.53 Å². The van der Waals surface area contributed by atoms with Crippen LogP contribution in [-0.4, -0.2) is 43.5 Å². The molecule has 1 heterocycles. The zero-order valence-electron chi connectivity index (χ0n) is 8.58. The van der Waals surface area contributed by atoms with Crippen LogP contribution in [0.5, 0.6) is 0 Å². The van der Waals surface area contributed by atoms with Crippen LogP contribution >= 0.6 is 0 Å². The fraction of sp³-hybridized carbons (Fsp3) is 0.900. The topological polar surface area (TPSA) is 29.5 Å². The largest absolute Gasteiger partial charge is 0.379 e. The highest BCUT2D eigenvalue weighted by Crippen LogP contribution is 2.05. The average Bonchev–Trinajstić information content (AvgIpc) is 2.18. The van der Waals surface area contributed by atoms with Gasteiger partial charge in [0, 0.05) is 19.0 Å². The van der Waals surface area contributed by atoms with Gasteiger partial charge in [-0.1, -0.05) is 13.8 Å². The second kappa shape index (κ2) is 5.35. The molecule has 3 nitrogen and oxygen atoms in total. The first-order valence-corrected chi connectivity index (χ1v) is 5.07. The van der Waals surface area contributed by atoms with Crippen LogP contribution in [0.1, 0.15) is 20.3 Å². The summed E-state index contributed by atoms with van der Waals surface area (Å²) in [4.78, 5) is 13.7. The zero-order chi connectivity index (χ0) is 9.68. The van der Waals surface area contributed by atoms with E-state index in [1.807, 2.05) is 6.92 Å². The van der Waals surface area contributed by atoms with Crippen molar-refractivity contribution in [2.24, 2.45) is 5.92 Å². The van der Waals surface area contributed by atoms with Crippen molar-refractivity contribution in [3.63, 3.8) is 0 Å². The molecule has 0 radical (unpaired) electrons. The molecule has 1 unspecified atom stereocenters. The lowest BCUT2D eigenvalue weighted by Gasteiger charge is -2.26. The van der Waals surface area contributed by atoms with Crippen molar-refractivity contribution in [2.45, 2.75) is 20.3 Å². The summed E-state index contributed by atoms with van der Waals surface area (Å²) >= 11 is 0. The average molecular weight is 185 g/mol. The summed E-state index contributed by atoms with van der Waals surface area (Å²) in [5.74, 6) is 0.576. The summed E-state index contributed by atoms with van der Waals surface area (Å²) in [5.41, 5.74) is 0. The standard InChI is InChI=1S/C10H19NO2/c1-3-9(2)10(12)8-11-4-6-13-7-5-11/h9H,3-8H2,1-2H3. The molecule has 1 atom stereocenters. The maximum Gasteiger partial charge on any atom is 0.149 e. The van der Waals surface area contributed by atoms with Crippen LogP contribution in [0.2, 0.25) is 0 Å². The first kappa shape index (κ1) is 10.7. The molecular formula is C10H19NO2. The summed E-state index contributed by atoms with van der Waals surface area (Å²) in [6.45, 7) is 8.02. The summed E-state index contributed by atoms with van der Waals surface area (Å²) in [6.07, 6.45) is 0.948. The van der Waals surface area contributed by atoms with E-state index in [-0.39, 0.29) is 5.92 Å². The maximum atomic E-state index is 11.6. The minimum atomic E-state index is 0.211. The Bertz CT molecular complexity index is 164. The number of hydrogen-bond acceptors (Lipinski definition) is 3. The van der Waals surface area contributed by atoms with Crippen molar-refractivity contribution in [1.29, 1.82) is 0 Å². The van der Waals surface area contributed by atoms with E-state index in [4.69, 9.17) is 4.74 Å². The number of ether oxygens (including phenoxy) is 1. The summed E-state index contributed by atoms with van der Waals surface area (Å²) < 4.78 is 5.22. The summed E-state index contributed by atoms with van der Waals surface area (Å²) in [5, 5.41) is 0. The Morgan fingerprint density at radius 3 is 2.62 bits per heavy atom. The number of hydrogen-bond donors (Lipinski definition) is 0. The van der Waals surface area contributed by atoms with E-state index < -0.39 is 0 Å². The van der Waals surface area contributed by atoms with E-state index in [9.17, 15) is 4.79 Å². The monoisotopic (exact) mass is 185 g/mol. The van der Waals surface area contributed by atoms with Gasteiger partial charge >= 0.3 is 0 Å². The Morgan fingerprint density at radius 1 is 1.46 bits per heavy atom. The molecule has 1 aliphatic heterocycles. The number of carbonyl (C=O) groups excluding carboxylic acids is 1. The lowest BCUT2D eigenvalue weighted by Crippen LogP contribution is -2.40. The Morgan fingerprint density at radius 2 is 2.08 bits per heavy atom.